The van der Waals surface area contributed by atoms with Gasteiger partial charge < -0.3 is 0 Å². The summed E-state index contributed by atoms with van der Waals surface area (Å²) in [6.07, 6.45) is 43.0. The first kappa shape index (κ1) is 79.7. The highest BCUT2D eigenvalue weighted by Gasteiger charge is 2.59. The first-order valence-corrected chi connectivity index (χ1v) is 42.8. The number of hydrogen-bond acceptors (Lipinski definition) is 0. The molecule has 6 aromatic carbocycles. The molecule has 0 aliphatic heterocycles. The molecule has 14 fully saturated rings. The number of hydrogen-bond donors (Lipinski definition) is 0. The number of rotatable bonds is 8. The first-order valence-electron chi connectivity index (χ1n) is 42.8. The van der Waals surface area contributed by atoms with Crippen molar-refractivity contribution in [3.8, 4) is 0 Å². The van der Waals surface area contributed by atoms with Crippen LogP contribution in [0.2, 0.25) is 0 Å². The molecule has 14 saturated carbocycles. The Kier molecular flexibility index (Phi) is 25.1. The van der Waals surface area contributed by atoms with Crippen LogP contribution in [-0.2, 0) is 16.2 Å². The molecule has 0 aromatic heterocycles. The van der Waals surface area contributed by atoms with Crippen LogP contribution in [0.4, 0.5) is 0 Å². The standard InChI is InChI=1S/C17H30.C15H26.C15H18.C14H24.2C14H16.C7H12.C5H12/c1-4-5-6-16(2,3)17-10-13-7-14(11-17)9-15(8-13)12-17;1-4-14(2,3)15-8-11-5-12(9-15)7-13(6-11)10-15;1-4-15(2,3)14-10-9-12-7-5-6-8-13(12)11-14;1-13(2,3)14-7-10-4-11(8-14)6-12(5-10)9-14;1-14(2,3)13-10-6-8-11-7-4-5-9-12(11)13;1-14(2,3)13-9-8-11-6-4-5-7-12(11)10-13;1-2-7-4-3-6(1)5-7;1-5(2,3)4/h13-15H,4-12H2,1-3H3;11-13H,4-10H2,1-3H3;5-11H,4H2,1-3H3;10-12H,4-9H2,1-3H3;2*4-10H,1-3H3;6-7H,1-5H2;1-4H3. The van der Waals surface area contributed by atoms with Crippen LogP contribution in [0.5, 0.6) is 0 Å². The van der Waals surface area contributed by atoms with Crippen LogP contribution in [0.1, 0.15) is 349 Å². The van der Waals surface area contributed by atoms with E-state index in [1.165, 1.54) is 92.9 Å². The molecule has 14 aliphatic rings. The van der Waals surface area contributed by atoms with Gasteiger partial charge in [-0.25, -0.2) is 0 Å². The van der Waals surface area contributed by atoms with Gasteiger partial charge in [0.1, 0.15) is 0 Å². The molecular formula is C101H154. The van der Waals surface area contributed by atoms with Crippen molar-refractivity contribution in [3.05, 3.63) is 144 Å². The fourth-order valence-electron chi connectivity index (χ4n) is 23.7. The Morgan fingerprint density at radius 2 is 0.634 bits per heavy atom. The largest absolute Gasteiger partial charge is 0.0654 e. The number of benzene rings is 6. The van der Waals surface area contributed by atoms with Crippen molar-refractivity contribution in [3.63, 3.8) is 0 Å². The van der Waals surface area contributed by atoms with Crippen molar-refractivity contribution in [2.24, 2.45) is 103 Å². The Balaban J connectivity index is 0.000000127. The summed E-state index contributed by atoms with van der Waals surface area (Å²) in [4.78, 5) is 0. The number of unbranched alkanes of at least 4 members (excludes halogenated alkanes) is 1. The average Bonchev–Trinajstić information content (AvgIpc) is 0.863. The van der Waals surface area contributed by atoms with Gasteiger partial charge in [-0.3, -0.25) is 0 Å². The predicted molar refractivity (Wildman–Crippen MR) is 446 cm³/mol. The summed E-state index contributed by atoms with van der Waals surface area (Å²) in [6.45, 7) is 51.6. The lowest BCUT2D eigenvalue weighted by atomic mass is 9.42. The van der Waals surface area contributed by atoms with Crippen LogP contribution in [0, 0.1) is 103 Å². The predicted octanol–water partition coefficient (Wildman–Crippen LogP) is 31.4. The van der Waals surface area contributed by atoms with Gasteiger partial charge in [0.05, 0.1) is 0 Å². The van der Waals surface area contributed by atoms with E-state index in [0.717, 1.165) is 69.5 Å². The second-order valence-corrected chi connectivity index (χ2v) is 43.6. The van der Waals surface area contributed by atoms with Crippen molar-refractivity contribution in [2.75, 3.05) is 0 Å². The minimum absolute atomic E-state index is 0.223. The SMILES string of the molecule is C1CC2CCC1C2.CC(C)(C)C.CC(C)(C)C12CC3CC(CC(C3)C1)C2.CC(C)(C)c1ccc2ccccc2c1.CC(C)(C)c1cccc2ccccc12.CCC(C)(C)C12CC3CC(CC(C3)C1)C2.CCC(C)(C)c1ccc2ccccc2c1.CCCCC(C)(C)C12CC3CC(CC(C3)C1)C2. The molecule has 0 radical (unpaired) electrons. The summed E-state index contributed by atoms with van der Waals surface area (Å²) in [5, 5.41) is 8.03. The molecule has 101 heavy (non-hydrogen) atoms. The van der Waals surface area contributed by atoms with Crippen molar-refractivity contribution in [2.45, 2.75) is 348 Å². The Labute approximate surface area is 623 Å². The van der Waals surface area contributed by atoms with Crippen LogP contribution >= 0.6 is 0 Å². The summed E-state index contributed by atoms with van der Waals surface area (Å²) in [5.74, 6) is 12.4. The first-order chi connectivity index (χ1) is 47.3. The number of fused-ring (bicyclic) bond motifs is 5. The lowest BCUT2D eigenvalue weighted by Crippen LogP contribution is -2.52. The zero-order valence-electron chi connectivity index (χ0n) is 69.8. The highest BCUT2D eigenvalue weighted by atomic mass is 14.6. The third-order valence-corrected chi connectivity index (χ3v) is 29.9. The molecule has 0 atom stereocenters. The monoisotopic (exact) mass is 1370 g/mol. The van der Waals surface area contributed by atoms with Crippen molar-refractivity contribution in [1.29, 1.82) is 0 Å². The third-order valence-electron chi connectivity index (χ3n) is 29.9. The molecule has 558 valence electrons. The van der Waals surface area contributed by atoms with Gasteiger partial charge in [-0.15, -0.1) is 0 Å². The maximum atomic E-state index is 2.59. The van der Waals surface area contributed by atoms with E-state index in [0.29, 0.717) is 21.7 Å². The minimum atomic E-state index is 0.223. The molecule has 6 aromatic rings. The van der Waals surface area contributed by atoms with Gasteiger partial charge in [-0.2, -0.15) is 0 Å². The average molecular weight is 1370 g/mol. The molecule has 14 bridgehead atoms. The normalized spacial score (nSPS) is 30.8. The van der Waals surface area contributed by atoms with Gasteiger partial charge >= 0.3 is 0 Å². The molecule has 0 spiro atoms. The van der Waals surface area contributed by atoms with Crippen molar-refractivity contribution < 1.29 is 0 Å². The summed E-state index contributed by atoms with van der Waals surface area (Å²) in [6, 6.07) is 45.7. The fourth-order valence-corrected chi connectivity index (χ4v) is 23.7. The topological polar surface area (TPSA) is 0 Å². The zero-order valence-corrected chi connectivity index (χ0v) is 69.8. The Morgan fingerprint density at radius 1 is 0.307 bits per heavy atom. The zero-order chi connectivity index (χ0) is 73.2. The minimum Gasteiger partial charge on any atom is -0.0654 e. The van der Waals surface area contributed by atoms with Crippen LogP contribution < -0.4 is 0 Å². The quantitative estimate of drug-likeness (QED) is 0.142. The second kappa shape index (κ2) is 31.9. The molecule has 0 N–H and O–H groups in total. The van der Waals surface area contributed by atoms with E-state index in [9.17, 15) is 0 Å². The maximum Gasteiger partial charge on any atom is -0.0106 e. The molecule has 14 aliphatic carbocycles. The molecule has 0 nitrogen and oxygen atoms in total. The van der Waals surface area contributed by atoms with Gasteiger partial charge in [0, 0.05) is 0 Å². The van der Waals surface area contributed by atoms with Gasteiger partial charge in [0.15, 0.2) is 0 Å². The molecule has 20 rings (SSSR count). The molecule has 0 heteroatoms. The summed E-state index contributed by atoms with van der Waals surface area (Å²) in [5.41, 5.74) is 9.50. The summed E-state index contributed by atoms with van der Waals surface area (Å²) >= 11 is 0. The third kappa shape index (κ3) is 19.6. The van der Waals surface area contributed by atoms with E-state index < -0.39 is 0 Å². The highest BCUT2D eigenvalue weighted by Crippen LogP contribution is 2.69. The molecule has 0 heterocycles. The van der Waals surface area contributed by atoms with Crippen LogP contribution in [0.25, 0.3) is 32.3 Å². The summed E-state index contributed by atoms with van der Waals surface area (Å²) in [7, 11) is 0. The second-order valence-electron chi connectivity index (χ2n) is 43.6. The van der Waals surface area contributed by atoms with E-state index in [4.69, 9.17) is 0 Å². The maximum absolute atomic E-state index is 2.59. The molecule has 0 saturated heterocycles. The Morgan fingerprint density at radius 3 is 0.970 bits per heavy atom. The molecular weight excluding hydrogens is 1210 g/mol. The van der Waals surface area contributed by atoms with E-state index in [2.05, 4.69) is 280 Å². The smallest absolute Gasteiger partial charge is 0.0106 e. The highest BCUT2D eigenvalue weighted by molar-refractivity contribution is 5.87. The van der Waals surface area contributed by atoms with E-state index in [1.54, 1.807) is 148 Å². The van der Waals surface area contributed by atoms with Crippen LogP contribution in [0.15, 0.2) is 127 Å². The van der Waals surface area contributed by atoms with E-state index >= 15 is 0 Å². The van der Waals surface area contributed by atoms with E-state index in [1.807, 2.05) is 0 Å². The lowest BCUT2D eigenvalue weighted by Gasteiger charge is -2.62. The van der Waals surface area contributed by atoms with Gasteiger partial charge in [0.25, 0.3) is 0 Å². The lowest BCUT2D eigenvalue weighted by molar-refractivity contribution is -0.122. The fraction of sp³-hybridized carbons (Fsp3) is 0.703. The van der Waals surface area contributed by atoms with Crippen LogP contribution in [0.3, 0.4) is 0 Å². The summed E-state index contributed by atoms with van der Waals surface area (Å²) < 4.78 is 0. The van der Waals surface area contributed by atoms with Crippen molar-refractivity contribution >= 4 is 32.3 Å². The Bertz CT molecular complexity index is 3440. The van der Waals surface area contributed by atoms with Gasteiger partial charge in [-0.1, -0.05) is 325 Å². The molecule has 0 amide bonds. The van der Waals surface area contributed by atoms with Crippen molar-refractivity contribution in [1.82, 2.24) is 0 Å². The molecule has 0 unspecified atom stereocenters. The van der Waals surface area contributed by atoms with Gasteiger partial charge in [0.2, 0.25) is 0 Å². The van der Waals surface area contributed by atoms with Gasteiger partial charge in [-0.05, 0) is 303 Å². The van der Waals surface area contributed by atoms with Crippen LogP contribution in [-0.4, -0.2) is 0 Å². The Hall–Kier alpha value is -3.90. The van der Waals surface area contributed by atoms with E-state index in [-0.39, 0.29) is 16.2 Å².